The van der Waals surface area contributed by atoms with E-state index in [4.69, 9.17) is 5.73 Å². The minimum atomic E-state index is -0.825. The predicted molar refractivity (Wildman–Crippen MR) is 165 cm³/mol. The lowest BCUT2D eigenvalue weighted by molar-refractivity contribution is -0.146. The van der Waals surface area contributed by atoms with Crippen LogP contribution in [0.5, 0.6) is 0 Å². The van der Waals surface area contributed by atoms with Crippen molar-refractivity contribution in [2.75, 3.05) is 21.1 Å². The first kappa shape index (κ1) is 31.3. The van der Waals surface area contributed by atoms with Crippen LogP contribution in [0.2, 0.25) is 0 Å². The largest absolute Gasteiger partial charge is 0.357 e. The smallest absolute Gasteiger partial charge is 0.246 e. The van der Waals surface area contributed by atoms with Gasteiger partial charge in [-0.2, -0.15) is 0 Å². The number of hydrogen-bond acceptors (Lipinski definition) is 4. The Balaban J connectivity index is 1.90. The quantitative estimate of drug-likeness (QED) is 0.328. The third kappa shape index (κ3) is 9.15. The molecule has 3 aromatic carbocycles. The van der Waals surface area contributed by atoms with Crippen LogP contribution in [0.4, 0.5) is 0 Å². The molecule has 0 radical (unpaired) electrons. The Morgan fingerprint density at radius 1 is 0.780 bits per heavy atom. The minimum Gasteiger partial charge on any atom is -0.357 e. The highest BCUT2D eigenvalue weighted by Crippen LogP contribution is 2.21. The average molecular weight is 555 g/mol. The molecule has 0 heterocycles. The zero-order chi connectivity index (χ0) is 30.0. The van der Waals surface area contributed by atoms with Gasteiger partial charge in [-0.15, -0.1) is 0 Å². The summed E-state index contributed by atoms with van der Waals surface area (Å²) in [7, 11) is 4.81. The first-order valence-corrected chi connectivity index (χ1v) is 13.9. The number of carbonyl (C=O) groups is 3. The summed E-state index contributed by atoms with van der Waals surface area (Å²) in [5.41, 5.74) is 9.61. The van der Waals surface area contributed by atoms with Gasteiger partial charge in [0.2, 0.25) is 17.7 Å². The van der Waals surface area contributed by atoms with Crippen molar-refractivity contribution in [1.82, 2.24) is 15.1 Å². The number of hydrogen-bond donors (Lipinski definition) is 2. The predicted octanol–water partition coefficient (Wildman–Crippen LogP) is 4.22. The Morgan fingerprint density at radius 2 is 1.29 bits per heavy atom. The highest BCUT2D eigenvalue weighted by molar-refractivity contribution is 5.95. The van der Waals surface area contributed by atoms with Gasteiger partial charge in [-0.05, 0) is 48.6 Å². The number of nitrogens with two attached hydrogens (primary N) is 1. The molecule has 41 heavy (non-hydrogen) atoms. The van der Waals surface area contributed by atoms with Gasteiger partial charge in [0, 0.05) is 39.5 Å². The molecule has 0 saturated carbocycles. The highest BCUT2D eigenvalue weighted by atomic mass is 16.2. The van der Waals surface area contributed by atoms with Gasteiger partial charge in [0.25, 0.3) is 0 Å². The topological polar surface area (TPSA) is 95.7 Å². The van der Waals surface area contributed by atoms with Gasteiger partial charge in [0.15, 0.2) is 0 Å². The maximum absolute atomic E-state index is 14.1. The van der Waals surface area contributed by atoms with Crippen LogP contribution in [-0.4, -0.2) is 66.3 Å². The van der Waals surface area contributed by atoms with Gasteiger partial charge >= 0.3 is 0 Å². The summed E-state index contributed by atoms with van der Waals surface area (Å²) in [6.45, 7) is 3.77. The molecule has 3 N–H and O–H groups in total. The number of rotatable bonds is 12. The number of amides is 3. The second-order valence-electron chi connectivity index (χ2n) is 11.1. The fourth-order valence-electron chi connectivity index (χ4n) is 4.61. The van der Waals surface area contributed by atoms with Crippen molar-refractivity contribution >= 4 is 17.7 Å². The Kier molecular flexibility index (Phi) is 11.0. The van der Waals surface area contributed by atoms with Gasteiger partial charge in [-0.25, -0.2) is 0 Å². The van der Waals surface area contributed by atoms with E-state index < -0.39 is 17.6 Å². The molecular weight excluding hydrogens is 512 g/mol. The molecule has 7 nitrogen and oxygen atoms in total. The molecule has 0 fully saturated rings. The number of likely N-dealkylation sites (N-methyl/N-ethyl adjacent to an activating group) is 3. The van der Waals surface area contributed by atoms with E-state index >= 15 is 0 Å². The monoisotopic (exact) mass is 554 g/mol. The number of nitrogens with one attached hydrogen (secondary N) is 1. The fraction of sp³-hybridized carbons (Fsp3) is 0.324. The van der Waals surface area contributed by atoms with E-state index in [-0.39, 0.29) is 17.7 Å². The summed E-state index contributed by atoms with van der Waals surface area (Å²) in [4.78, 5) is 43.2. The molecule has 0 aromatic heterocycles. The molecule has 0 aliphatic carbocycles. The second kappa shape index (κ2) is 14.4. The maximum atomic E-state index is 14.1. The van der Waals surface area contributed by atoms with Crippen LogP contribution < -0.4 is 11.1 Å². The van der Waals surface area contributed by atoms with E-state index in [1.54, 1.807) is 27.2 Å². The second-order valence-corrected chi connectivity index (χ2v) is 11.1. The fourth-order valence-corrected chi connectivity index (χ4v) is 4.61. The van der Waals surface area contributed by atoms with Crippen LogP contribution in [0.1, 0.15) is 31.4 Å². The van der Waals surface area contributed by atoms with Crippen molar-refractivity contribution in [3.8, 4) is 11.1 Å². The van der Waals surface area contributed by atoms with Crippen molar-refractivity contribution in [2.45, 2.75) is 50.7 Å². The summed E-state index contributed by atoms with van der Waals surface area (Å²) in [6.07, 6.45) is 4.36. The summed E-state index contributed by atoms with van der Waals surface area (Å²) in [5, 5.41) is 2.69. The number of benzene rings is 3. The summed E-state index contributed by atoms with van der Waals surface area (Å²) >= 11 is 0. The van der Waals surface area contributed by atoms with Crippen molar-refractivity contribution in [3.05, 3.63) is 108 Å². The molecule has 216 valence electrons. The highest BCUT2D eigenvalue weighted by Gasteiger charge is 2.34. The van der Waals surface area contributed by atoms with Crippen LogP contribution in [0.25, 0.3) is 11.1 Å². The van der Waals surface area contributed by atoms with Gasteiger partial charge in [-0.1, -0.05) is 91.0 Å². The normalized spacial score (nSPS) is 12.9. The van der Waals surface area contributed by atoms with Crippen LogP contribution in [0, 0.1) is 0 Å². The van der Waals surface area contributed by atoms with Crippen molar-refractivity contribution in [3.63, 3.8) is 0 Å². The minimum absolute atomic E-state index is 0.269. The zero-order valence-electron chi connectivity index (χ0n) is 24.7. The lowest BCUT2D eigenvalue weighted by atomic mass is 9.98. The third-order valence-corrected chi connectivity index (χ3v) is 7.13. The van der Waals surface area contributed by atoms with Crippen LogP contribution in [-0.2, 0) is 27.2 Å². The molecule has 3 aromatic rings. The first-order chi connectivity index (χ1) is 19.5. The van der Waals surface area contributed by atoms with E-state index in [0.29, 0.717) is 19.3 Å². The van der Waals surface area contributed by atoms with Crippen LogP contribution in [0.3, 0.4) is 0 Å². The lowest BCUT2D eigenvalue weighted by Gasteiger charge is -2.34. The molecule has 0 aliphatic heterocycles. The maximum Gasteiger partial charge on any atom is 0.246 e. The average Bonchev–Trinajstić information content (AvgIpc) is 2.97. The molecule has 0 saturated heterocycles. The van der Waals surface area contributed by atoms with Gasteiger partial charge in [0.1, 0.15) is 12.1 Å². The zero-order valence-corrected chi connectivity index (χ0v) is 24.7. The van der Waals surface area contributed by atoms with E-state index in [2.05, 4.69) is 5.32 Å². The van der Waals surface area contributed by atoms with E-state index in [1.807, 2.05) is 98.8 Å². The molecule has 0 aliphatic rings. The first-order valence-electron chi connectivity index (χ1n) is 13.9. The Morgan fingerprint density at radius 3 is 1.85 bits per heavy atom. The lowest BCUT2D eigenvalue weighted by Crippen LogP contribution is -2.55. The van der Waals surface area contributed by atoms with Gasteiger partial charge in [-0.3, -0.25) is 14.4 Å². The van der Waals surface area contributed by atoms with E-state index in [9.17, 15) is 14.4 Å². The van der Waals surface area contributed by atoms with Crippen molar-refractivity contribution in [1.29, 1.82) is 0 Å². The molecular formula is C34H42N4O3. The number of nitrogens with zero attached hydrogens (tertiary/aromatic N) is 2. The van der Waals surface area contributed by atoms with Crippen molar-refractivity contribution < 1.29 is 14.4 Å². The Labute approximate surface area is 244 Å². The molecule has 2 atom stereocenters. The van der Waals surface area contributed by atoms with Gasteiger partial charge < -0.3 is 20.9 Å². The molecule has 0 unspecified atom stereocenters. The van der Waals surface area contributed by atoms with E-state index in [0.717, 1.165) is 22.3 Å². The third-order valence-electron chi connectivity index (χ3n) is 7.13. The molecule has 0 bridgehead atoms. The molecule has 0 spiro atoms. The summed E-state index contributed by atoms with van der Waals surface area (Å²) in [6, 6.07) is 26.1. The SMILES string of the molecule is CNC(=O)[C@@H](Cc1ccccc1)N(C)C(=O)[C@@H](Cc1ccc(-c2ccccc2)cc1)N(C)C(=O)C=CCC(C)(C)N. The molecule has 3 rings (SSSR count). The summed E-state index contributed by atoms with van der Waals surface area (Å²) in [5.74, 6) is -0.888. The Hall–Kier alpha value is -4.23. The standard InChI is InChI=1S/C34H42N4O3/c1-34(2,35)22-12-17-31(39)37(4)30(24-26-18-20-28(21-19-26)27-15-10-7-11-16-27)33(41)38(5)29(32(40)36-3)23-25-13-8-6-9-14-25/h6-21,29-30H,22-24,35H2,1-5H3,(H,36,40)/t29-,30-/m1/s1. The molecule has 7 heteroatoms. The number of carbonyl (C=O) groups excluding carboxylic acids is 3. The van der Waals surface area contributed by atoms with Crippen LogP contribution >= 0.6 is 0 Å². The van der Waals surface area contributed by atoms with Gasteiger partial charge in [0.05, 0.1) is 0 Å². The summed E-state index contributed by atoms with van der Waals surface area (Å²) < 4.78 is 0. The van der Waals surface area contributed by atoms with Crippen LogP contribution in [0.15, 0.2) is 97.1 Å². The Bertz CT molecular complexity index is 1320. The van der Waals surface area contributed by atoms with E-state index in [1.165, 1.54) is 15.9 Å². The van der Waals surface area contributed by atoms with Crippen molar-refractivity contribution in [2.24, 2.45) is 5.73 Å². The molecule has 3 amide bonds.